The number of aromatic amines is 1. The van der Waals surface area contributed by atoms with Crippen LogP contribution in [0.3, 0.4) is 0 Å². The van der Waals surface area contributed by atoms with Crippen LogP contribution in [0, 0.1) is 0 Å². The second kappa shape index (κ2) is 11.3. The van der Waals surface area contributed by atoms with E-state index in [0.29, 0.717) is 30.5 Å². The van der Waals surface area contributed by atoms with Crippen molar-refractivity contribution < 1.29 is 14.3 Å². The molecule has 11 heteroatoms. The first kappa shape index (κ1) is 25.8. The highest BCUT2D eigenvalue weighted by Crippen LogP contribution is 2.31. The van der Waals surface area contributed by atoms with E-state index in [1.54, 1.807) is 25.1 Å². The SMILES string of the molecule is COC[C@@H](C(=O)Cc1cccc2c(-c3ccnc(Nc4cn(C)nc4OC)n3)c[nH]c12)N1CCN(C)CC1. The number of carbonyl (C=O) groups excluding carboxylic acids is 1. The molecule has 200 valence electrons. The quantitative estimate of drug-likeness (QED) is 0.327. The normalized spacial score (nSPS) is 15.6. The molecule has 0 spiro atoms. The number of fused-ring (bicyclic) bond motifs is 1. The number of likely N-dealkylation sites (N-methyl/N-ethyl adjacent to an activating group) is 1. The van der Waals surface area contributed by atoms with Crippen LogP contribution >= 0.6 is 0 Å². The number of methoxy groups -OCH3 is 2. The van der Waals surface area contributed by atoms with Crippen molar-refractivity contribution in [3.05, 3.63) is 48.4 Å². The van der Waals surface area contributed by atoms with Gasteiger partial charge in [-0.15, -0.1) is 5.10 Å². The van der Waals surface area contributed by atoms with Crippen molar-refractivity contribution in [2.75, 3.05) is 59.4 Å². The van der Waals surface area contributed by atoms with Gasteiger partial charge in [-0.25, -0.2) is 9.97 Å². The fourth-order valence-corrected chi connectivity index (χ4v) is 4.97. The largest absolute Gasteiger partial charge is 0.478 e. The number of hydrogen-bond donors (Lipinski definition) is 2. The lowest BCUT2D eigenvalue weighted by atomic mass is 9.99. The van der Waals surface area contributed by atoms with Gasteiger partial charge in [0.1, 0.15) is 5.69 Å². The molecule has 2 N–H and O–H groups in total. The monoisotopic (exact) mass is 518 g/mol. The van der Waals surface area contributed by atoms with Gasteiger partial charge < -0.3 is 24.7 Å². The van der Waals surface area contributed by atoms with Crippen LogP contribution in [0.15, 0.2) is 42.9 Å². The number of aromatic nitrogens is 5. The first-order valence-electron chi connectivity index (χ1n) is 12.7. The number of nitrogens with zero attached hydrogens (tertiary/aromatic N) is 6. The summed E-state index contributed by atoms with van der Waals surface area (Å²) in [5, 5.41) is 8.45. The van der Waals surface area contributed by atoms with Crippen LogP contribution in [0.5, 0.6) is 5.88 Å². The third kappa shape index (κ3) is 5.40. The Hall–Kier alpha value is -3.80. The number of benzene rings is 1. The van der Waals surface area contributed by atoms with Crippen molar-refractivity contribution in [2.24, 2.45) is 7.05 Å². The Labute approximate surface area is 221 Å². The number of H-pyrrole nitrogens is 1. The molecule has 0 bridgehead atoms. The number of hydrogen-bond acceptors (Lipinski definition) is 9. The lowest BCUT2D eigenvalue weighted by molar-refractivity contribution is -0.126. The Bertz CT molecular complexity index is 1410. The van der Waals surface area contributed by atoms with Gasteiger partial charge in [0.25, 0.3) is 5.88 Å². The molecule has 0 saturated carbocycles. The van der Waals surface area contributed by atoms with E-state index in [1.165, 1.54) is 0 Å². The van der Waals surface area contributed by atoms with Crippen LogP contribution in [0.2, 0.25) is 0 Å². The molecule has 11 nitrogen and oxygen atoms in total. The molecule has 1 aliphatic rings. The number of aryl methyl sites for hydroxylation is 1. The van der Waals surface area contributed by atoms with Crippen LogP contribution < -0.4 is 10.1 Å². The van der Waals surface area contributed by atoms with Crippen molar-refractivity contribution in [1.29, 1.82) is 0 Å². The topological polar surface area (TPSA) is 113 Å². The number of nitrogens with one attached hydrogen (secondary N) is 2. The first-order chi connectivity index (χ1) is 18.5. The summed E-state index contributed by atoms with van der Waals surface area (Å²) in [5.74, 6) is 1.06. The number of rotatable bonds is 10. The molecular formula is C27H34N8O3. The highest BCUT2D eigenvalue weighted by molar-refractivity contribution is 5.98. The van der Waals surface area contributed by atoms with Crippen LogP contribution in [0.25, 0.3) is 22.2 Å². The minimum Gasteiger partial charge on any atom is -0.478 e. The third-order valence-corrected chi connectivity index (χ3v) is 7.01. The summed E-state index contributed by atoms with van der Waals surface area (Å²) in [6, 6.07) is 7.66. The van der Waals surface area contributed by atoms with Gasteiger partial charge >= 0.3 is 0 Å². The number of Topliss-reactive ketones (excluding diaryl/α,β-unsaturated/α-hetero) is 1. The molecule has 3 aromatic heterocycles. The lowest BCUT2D eigenvalue weighted by Crippen LogP contribution is -2.53. The summed E-state index contributed by atoms with van der Waals surface area (Å²) in [6.45, 7) is 4.02. The van der Waals surface area contributed by atoms with E-state index in [9.17, 15) is 4.79 Å². The Kier molecular flexibility index (Phi) is 7.68. The summed E-state index contributed by atoms with van der Waals surface area (Å²) < 4.78 is 12.4. The molecule has 4 heterocycles. The molecule has 1 fully saturated rings. The Morgan fingerprint density at radius 3 is 2.74 bits per heavy atom. The summed E-state index contributed by atoms with van der Waals surface area (Å²) in [7, 11) is 7.16. The van der Waals surface area contributed by atoms with Crippen molar-refractivity contribution in [1.82, 2.24) is 34.5 Å². The highest BCUT2D eigenvalue weighted by Gasteiger charge is 2.28. The Morgan fingerprint density at radius 2 is 1.97 bits per heavy atom. The summed E-state index contributed by atoms with van der Waals surface area (Å²) in [6.07, 6.45) is 5.78. The molecule has 1 aliphatic heterocycles. The van der Waals surface area contributed by atoms with E-state index in [2.05, 4.69) is 37.2 Å². The number of para-hydroxylation sites is 1. The maximum absolute atomic E-state index is 13.5. The van der Waals surface area contributed by atoms with Crippen LogP contribution in [0.4, 0.5) is 11.6 Å². The van der Waals surface area contributed by atoms with E-state index in [1.807, 2.05) is 43.7 Å². The smallest absolute Gasteiger partial charge is 0.256 e. The van der Waals surface area contributed by atoms with E-state index in [-0.39, 0.29) is 11.8 Å². The molecule has 4 aromatic rings. The van der Waals surface area contributed by atoms with Crippen molar-refractivity contribution in [3.63, 3.8) is 0 Å². The number of carbonyl (C=O) groups is 1. The average molecular weight is 519 g/mol. The predicted octanol–water partition coefficient (Wildman–Crippen LogP) is 2.48. The lowest BCUT2D eigenvalue weighted by Gasteiger charge is -2.37. The van der Waals surface area contributed by atoms with Gasteiger partial charge in [-0.1, -0.05) is 18.2 Å². The van der Waals surface area contributed by atoms with E-state index >= 15 is 0 Å². The molecule has 1 atom stereocenters. The van der Waals surface area contributed by atoms with Crippen molar-refractivity contribution >= 4 is 28.3 Å². The summed E-state index contributed by atoms with van der Waals surface area (Å²) in [5.41, 5.74) is 4.27. The predicted molar refractivity (Wildman–Crippen MR) is 146 cm³/mol. The summed E-state index contributed by atoms with van der Waals surface area (Å²) in [4.78, 5) is 30.5. The van der Waals surface area contributed by atoms with Crippen LogP contribution in [-0.4, -0.2) is 100 Å². The Balaban J connectivity index is 1.38. The molecule has 5 rings (SSSR count). The van der Waals surface area contributed by atoms with Gasteiger partial charge in [-0.3, -0.25) is 14.4 Å². The van der Waals surface area contributed by atoms with Gasteiger partial charge in [-0.2, -0.15) is 0 Å². The van der Waals surface area contributed by atoms with E-state index in [0.717, 1.165) is 53.9 Å². The molecule has 0 unspecified atom stereocenters. The van der Waals surface area contributed by atoms with Crippen molar-refractivity contribution in [3.8, 4) is 17.1 Å². The summed E-state index contributed by atoms with van der Waals surface area (Å²) >= 11 is 0. The third-order valence-electron chi connectivity index (χ3n) is 7.01. The van der Waals surface area contributed by atoms with Crippen LogP contribution in [0.1, 0.15) is 5.56 Å². The van der Waals surface area contributed by atoms with Gasteiger partial charge in [0.2, 0.25) is 5.95 Å². The first-order valence-corrected chi connectivity index (χ1v) is 12.7. The maximum atomic E-state index is 13.5. The second-order valence-corrected chi connectivity index (χ2v) is 9.61. The minimum absolute atomic E-state index is 0.166. The second-order valence-electron chi connectivity index (χ2n) is 9.61. The number of piperazine rings is 1. The van der Waals surface area contributed by atoms with Crippen LogP contribution in [-0.2, 0) is 23.0 Å². The minimum atomic E-state index is -0.252. The number of anilines is 2. The van der Waals surface area contributed by atoms with Gasteiger partial charge in [0.05, 0.1) is 31.6 Å². The van der Waals surface area contributed by atoms with Gasteiger partial charge in [-0.05, 0) is 18.7 Å². The molecule has 0 radical (unpaired) electrons. The molecule has 38 heavy (non-hydrogen) atoms. The standard InChI is InChI=1S/C27H34N8O3/c1-33-10-12-35(13-11-33)23(17-37-3)24(36)14-18-6-5-7-19-20(15-29-25(18)19)21-8-9-28-27(30-21)31-22-16-34(2)32-26(22)38-4/h5-9,15-16,23,29H,10-14,17H2,1-4H3,(H,28,30,31)/t23-/m0/s1. The maximum Gasteiger partial charge on any atom is 0.256 e. The highest BCUT2D eigenvalue weighted by atomic mass is 16.5. The molecule has 1 aromatic carbocycles. The van der Waals surface area contributed by atoms with Gasteiger partial charge in [0.15, 0.2) is 5.78 Å². The zero-order valence-electron chi connectivity index (χ0n) is 22.3. The number of ketones is 1. The zero-order valence-corrected chi connectivity index (χ0v) is 22.3. The number of ether oxygens (including phenoxy) is 2. The molecule has 0 aliphatic carbocycles. The van der Waals surface area contributed by atoms with E-state index < -0.39 is 0 Å². The zero-order chi connectivity index (χ0) is 26.6. The van der Waals surface area contributed by atoms with Gasteiger partial charge in [0, 0.05) is 75.6 Å². The van der Waals surface area contributed by atoms with Crippen molar-refractivity contribution in [2.45, 2.75) is 12.5 Å². The fourth-order valence-electron chi connectivity index (χ4n) is 4.97. The molecule has 1 saturated heterocycles. The average Bonchev–Trinajstić information content (AvgIpc) is 3.51. The fraction of sp³-hybridized carbons (Fsp3) is 0.407. The molecular weight excluding hydrogens is 484 g/mol. The molecule has 0 amide bonds. The van der Waals surface area contributed by atoms with E-state index in [4.69, 9.17) is 14.5 Å². The Morgan fingerprint density at radius 1 is 1.16 bits per heavy atom.